The molecule has 7 heteroatoms. The average Bonchev–Trinajstić information content (AvgIpc) is 3.05. The highest BCUT2D eigenvalue weighted by Gasteiger charge is 2.40. The van der Waals surface area contributed by atoms with Crippen LogP contribution in [0.25, 0.3) is 0 Å². The number of thiazole rings is 1. The third-order valence-corrected chi connectivity index (χ3v) is 5.52. The van der Waals surface area contributed by atoms with Gasteiger partial charge in [-0.3, -0.25) is 14.8 Å². The van der Waals surface area contributed by atoms with Crippen LogP contribution in [0.1, 0.15) is 10.6 Å². The molecule has 6 nitrogen and oxygen atoms in total. The number of nitrogens with zero attached hydrogens (tertiary/aromatic N) is 4. The molecule has 0 radical (unpaired) electrons. The summed E-state index contributed by atoms with van der Waals surface area (Å²) in [4.78, 5) is 13.4. The fraction of sp³-hybridized carbons (Fsp3) is 0.556. The van der Waals surface area contributed by atoms with Crippen molar-refractivity contribution in [2.24, 2.45) is 0 Å². The first-order valence-corrected chi connectivity index (χ1v) is 9.63. The quantitative estimate of drug-likeness (QED) is 0.826. The molecule has 4 heterocycles. The monoisotopic (exact) mass is 360 g/mol. The second-order valence-electron chi connectivity index (χ2n) is 6.79. The molecule has 0 aromatic carbocycles. The minimum Gasteiger partial charge on any atom is -0.377 e. The summed E-state index contributed by atoms with van der Waals surface area (Å²) in [6.07, 6.45) is 5.58. The molecule has 134 valence electrons. The number of pyridine rings is 1. The number of hydrogen-bond acceptors (Lipinski definition) is 7. The Morgan fingerprint density at radius 1 is 1.04 bits per heavy atom. The fourth-order valence-corrected chi connectivity index (χ4v) is 4.29. The Kier molecular flexibility index (Phi) is 5.38. The van der Waals surface area contributed by atoms with Gasteiger partial charge in [-0.25, -0.2) is 4.98 Å². The van der Waals surface area contributed by atoms with Crippen LogP contribution in [0.15, 0.2) is 36.1 Å². The van der Waals surface area contributed by atoms with Crippen LogP contribution in [-0.2, 0) is 22.6 Å². The van der Waals surface area contributed by atoms with Crippen molar-refractivity contribution in [1.29, 1.82) is 0 Å². The highest BCUT2D eigenvalue weighted by Crippen LogP contribution is 2.25. The predicted octanol–water partition coefficient (Wildman–Crippen LogP) is 1.64. The number of hydrogen-bond donors (Lipinski definition) is 0. The van der Waals surface area contributed by atoms with Crippen molar-refractivity contribution >= 4 is 11.3 Å². The van der Waals surface area contributed by atoms with Gasteiger partial charge in [0.15, 0.2) is 0 Å². The lowest BCUT2D eigenvalue weighted by Gasteiger charge is -2.43. The van der Waals surface area contributed by atoms with Crippen molar-refractivity contribution in [3.63, 3.8) is 0 Å². The van der Waals surface area contributed by atoms with Gasteiger partial charge >= 0.3 is 0 Å². The van der Waals surface area contributed by atoms with Gasteiger partial charge in [0.05, 0.1) is 26.4 Å². The van der Waals surface area contributed by atoms with E-state index in [4.69, 9.17) is 9.47 Å². The predicted molar refractivity (Wildman–Crippen MR) is 96.4 cm³/mol. The number of morpholine rings is 1. The second-order valence-corrected chi connectivity index (χ2v) is 7.77. The van der Waals surface area contributed by atoms with E-state index in [9.17, 15) is 0 Å². The van der Waals surface area contributed by atoms with Crippen LogP contribution in [-0.4, -0.2) is 71.4 Å². The first-order valence-electron chi connectivity index (χ1n) is 8.75. The lowest BCUT2D eigenvalue weighted by Crippen LogP contribution is -2.58. The van der Waals surface area contributed by atoms with E-state index in [0.717, 1.165) is 52.5 Å². The Hall–Kier alpha value is -1.38. The number of aromatic nitrogens is 2. The average molecular weight is 360 g/mol. The summed E-state index contributed by atoms with van der Waals surface area (Å²) < 4.78 is 12.2. The molecule has 1 atom stereocenters. The zero-order valence-electron chi connectivity index (χ0n) is 14.3. The van der Waals surface area contributed by atoms with Gasteiger partial charge in [0, 0.05) is 56.7 Å². The van der Waals surface area contributed by atoms with E-state index < -0.39 is 0 Å². The van der Waals surface area contributed by atoms with E-state index >= 15 is 0 Å². The Morgan fingerprint density at radius 2 is 1.84 bits per heavy atom. The summed E-state index contributed by atoms with van der Waals surface area (Å²) in [5.74, 6) is 0. The van der Waals surface area contributed by atoms with E-state index in [1.54, 1.807) is 11.3 Å². The molecule has 2 aliphatic rings. The number of rotatable bonds is 4. The molecule has 2 saturated heterocycles. The van der Waals surface area contributed by atoms with Gasteiger partial charge in [0.2, 0.25) is 0 Å². The van der Waals surface area contributed by atoms with Crippen molar-refractivity contribution < 1.29 is 9.47 Å². The van der Waals surface area contributed by atoms with Crippen molar-refractivity contribution in [2.75, 3.05) is 46.0 Å². The van der Waals surface area contributed by atoms with Gasteiger partial charge in [-0.1, -0.05) is 0 Å². The summed E-state index contributed by atoms with van der Waals surface area (Å²) in [5.41, 5.74) is 1.03. The van der Waals surface area contributed by atoms with Crippen LogP contribution < -0.4 is 0 Å². The Balaban J connectivity index is 1.43. The summed E-state index contributed by atoms with van der Waals surface area (Å²) in [7, 11) is 0. The van der Waals surface area contributed by atoms with Gasteiger partial charge < -0.3 is 9.47 Å². The Bertz CT molecular complexity index is 654. The molecule has 2 aromatic rings. The van der Waals surface area contributed by atoms with Crippen LogP contribution in [0, 0.1) is 0 Å². The molecule has 0 unspecified atom stereocenters. The van der Waals surface area contributed by atoms with Gasteiger partial charge in [-0.2, -0.15) is 0 Å². The fourth-order valence-electron chi connectivity index (χ4n) is 3.63. The Morgan fingerprint density at radius 3 is 2.64 bits per heavy atom. The highest BCUT2D eigenvalue weighted by atomic mass is 32.1. The molecule has 0 N–H and O–H groups in total. The van der Waals surface area contributed by atoms with E-state index in [0.29, 0.717) is 6.61 Å². The molecule has 4 rings (SSSR count). The third-order valence-electron chi connectivity index (χ3n) is 4.75. The van der Waals surface area contributed by atoms with Crippen molar-refractivity contribution in [3.05, 3.63) is 46.7 Å². The molecule has 2 aliphatic heterocycles. The molecule has 2 fully saturated rings. The molecule has 0 aliphatic carbocycles. The van der Waals surface area contributed by atoms with E-state index in [2.05, 4.69) is 31.9 Å². The minimum absolute atomic E-state index is 0.251. The minimum atomic E-state index is -0.251. The Labute approximate surface area is 152 Å². The standard InChI is InChI=1S/C18H24N4O2S/c1-3-19-4-2-16(1)11-21-6-8-23-15-18(13-21)14-22(7-9-24-18)12-17-20-5-10-25-17/h1-5,10H,6-9,11-15H2/t18-/m1/s1. The maximum absolute atomic E-state index is 6.27. The lowest BCUT2D eigenvalue weighted by molar-refractivity contribution is -0.143. The molecular formula is C18H24N4O2S. The van der Waals surface area contributed by atoms with Gasteiger partial charge in [0.1, 0.15) is 10.6 Å². The van der Waals surface area contributed by atoms with Crippen LogP contribution in [0.3, 0.4) is 0 Å². The van der Waals surface area contributed by atoms with Crippen LogP contribution in [0.5, 0.6) is 0 Å². The first kappa shape index (κ1) is 17.1. The zero-order valence-corrected chi connectivity index (χ0v) is 15.2. The van der Waals surface area contributed by atoms with Gasteiger partial charge in [0.25, 0.3) is 0 Å². The highest BCUT2D eigenvalue weighted by molar-refractivity contribution is 7.09. The van der Waals surface area contributed by atoms with E-state index in [1.807, 2.05) is 24.0 Å². The second kappa shape index (κ2) is 7.88. The lowest BCUT2D eigenvalue weighted by atomic mass is 10.0. The zero-order chi connectivity index (χ0) is 17.0. The van der Waals surface area contributed by atoms with Crippen molar-refractivity contribution in [2.45, 2.75) is 18.7 Å². The van der Waals surface area contributed by atoms with E-state index in [-0.39, 0.29) is 5.60 Å². The maximum atomic E-state index is 6.27. The SMILES string of the molecule is c1cc(CN2CCOC[C@@]3(C2)CN(Cc2nccs2)CCO3)ccn1. The molecule has 1 spiro atoms. The summed E-state index contributed by atoms with van der Waals surface area (Å²) >= 11 is 1.72. The summed E-state index contributed by atoms with van der Waals surface area (Å²) in [5, 5.41) is 3.21. The largest absolute Gasteiger partial charge is 0.377 e. The normalized spacial score (nSPS) is 25.9. The van der Waals surface area contributed by atoms with Gasteiger partial charge in [-0.15, -0.1) is 11.3 Å². The van der Waals surface area contributed by atoms with Crippen molar-refractivity contribution in [1.82, 2.24) is 19.8 Å². The number of ether oxygens (including phenoxy) is 2. The molecule has 0 saturated carbocycles. The maximum Gasteiger partial charge on any atom is 0.117 e. The van der Waals surface area contributed by atoms with E-state index in [1.165, 1.54) is 10.6 Å². The van der Waals surface area contributed by atoms with Crippen molar-refractivity contribution in [3.8, 4) is 0 Å². The molecule has 25 heavy (non-hydrogen) atoms. The smallest absolute Gasteiger partial charge is 0.117 e. The topological polar surface area (TPSA) is 50.7 Å². The summed E-state index contributed by atoms with van der Waals surface area (Å²) in [6, 6.07) is 4.16. The molecular weight excluding hydrogens is 336 g/mol. The van der Waals surface area contributed by atoms with Crippen LogP contribution >= 0.6 is 11.3 Å². The van der Waals surface area contributed by atoms with Crippen LogP contribution in [0.4, 0.5) is 0 Å². The van der Waals surface area contributed by atoms with Gasteiger partial charge in [-0.05, 0) is 17.7 Å². The summed E-state index contributed by atoms with van der Waals surface area (Å²) in [6.45, 7) is 7.63. The molecule has 0 bridgehead atoms. The molecule has 2 aromatic heterocycles. The third kappa shape index (κ3) is 4.43. The first-order chi connectivity index (χ1) is 12.3. The van der Waals surface area contributed by atoms with Crippen LogP contribution in [0.2, 0.25) is 0 Å². The molecule has 0 amide bonds.